The predicted molar refractivity (Wildman–Crippen MR) is 78.2 cm³/mol. The van der Waals surface area contributed by atoms with Crippen LogP contribution in [0.15, 0.2) is 6.07 Å². The van der Waals surface area contributed by atoms with E-state index in [4.69, 9.17) is 0 Å². The van der Waals surface area contributed by atoms with Gasteiger partial charge in [-0.25, -0.2) is 0 Å². The second-order valence-corrected chi connectivity index (χ2v) is 6.96. The highest BCUT2D eigenvalue weighted by Gasteiger charge is 2.46. The van der Waals surface area contributed by atoms with Crippen LogP contribution < -0.4 is 0 Å². The van der Waals surface area contributed by atoms with Crippen LogP contribution >= 0.6 is 0 Å². The first-order valence-corrected chi connectivity index (χ1v) is 7.91. The molecule has 3 heteroatoms. The van der Waals surface area contributed by atoms with Crippen molar-refractivity contribution in [3.8, 4) is 11.5 Å². The number of likely N-dealkylation sites (N-methyl/N-ethyl adjacent to an activating group) is 1. The smallest absolute Gasteiger partial charge is 0.161 e. The van der Waals surface area contributed by atoms with E-state index in [0.29, 0.717) is 6.04 Å². The Bertz CT molecular complexity index is 561. The van der Waals surface area contributed by atoms with E-state index in [0.717, 1.165) is 24.9 Å². The molecular formula is C17H23NO2. The fraction of sp³-hybridized carbons (Fsp3) is 0.647. The van der Waals surface area contributed by atoms with Crippen LogP contribution in [0.25, 0.3) is 0 Å². The molecule has 1 atom stereocenters. The summed E-state index contributed by atoms with van der Waals surface area (Å²) < 4.78 is 0. The van der Waals surface area contributed by atoms with Crippen molar-refractivity contribution in [1.29, 1.82) is 0 Å². The number of fused-ring (bicyclic) bond motifs is 1. The average Bonchev–Trinajstić information content (AvgIpc) is 2.89. The number of phenols is 2. The minimum absolute atomic E-state index is 0.0928. The van der Waals surface area contributed by atoms with E-state index < -0.39 is 0 Å². The number of nitrogens with zero attached hydrogens (tertiary/aromatic N) is 1. The van der Waals surface area contributed by atoms with Gasteiger partial charge in [0.25, 0.3) is 0 Å². The maximum absolute atomic E-state index is 10.5. The van der Waals surface area contributed by atoms with Crippen LogP contribution in [0.5, 0.6) is 11.5 Å². The maximum atomic E-state index is 10.5. The quantitative estimate of drug-likeness (QED) is 0.713. The number of rotatable bonds is 0. The fourth-order valence-corrected chi connectivity index (χ4v) is 4.98. The lowest BCUT2D eigenvalue weighted by Crippen LogP contribution is -2.40. The Kier molecular flexibility index (Phi) is 2.59. The highest BCUT2D eigenvalue weighted by Crippen LogP contribution is 2.58. The monoisotopic (exact) mass is 273 g/mol. The highest BCUT2D eigenvalue weighted by molar-refractivity contribution is 5.59. The van der Waals surface area contributed by atoms with E-state index >= 15 is 0 Å². The van der Waals surface area contributed by atoms with Gasteiger partial charge >= 0.3 is 0 Å². The topological polar surface area (TPSA) is 43.7 Å². The molecule has 1 heterocycles. The van der Waals surface area contributed by atoms with Crippen molar-refractivity contribution < 1.29 is 10.2 Å². The molecule has 1 spiro atoms. The van der Waals surface area contributed by atoms with Gasteiger partial charge in [0.05, 0.1) is 0 Å². The summed E-state index contributed by atoms with van der Waals surface area (Å²) in [6.07, 6.45) is 8.19. The van der Waals surface area contributed by atoms with Crippen molar-refractivity contribution in [2.45, 2.75) is 56.4 Å². The van der Waals surface area contributed by atoms with Crippen LogP contribution in [0.4, 0.5) is 0 Å². The van der Waals surface area contributed by atoms with Crippen molar-refractivity contribution in [1.82, 2.24) is 4.90 Å². The summed E-state index contributed by atoms with van der Waals surface area (Å²) in [5.74, 6) is 0.265. The Labute approximate surface area is 120 Å². The zero-order chi connectivity index (χ0) is 13.9. The van der Waals surface area contributed by atoms with Gasteiger partial charge in [-0.05, 0) is 61.8 Å². The van der Waals surface area contributed by atoms with Crippen molar-refractivity contribution >= 4 is 0 Å². The molecule has 0 saturated heterocycles. The maximum Gasteiger partial charge on any atom is 0.161 e. The molecule has 2 N–H and O–H groups in total. The van der Waals surface area contributed by atoms with Gasteiger partial charge in [-0.15, -0.1) is 0 Å². The molecule has 1 unspecified atom stereocenters. The van der Waals surface area contributed by atoms with E-state index in [2.05, 4.69) is 11.9 Å². The van der Waals surface area contributed by atoms with Gasteiger partial charge in [-0.2, -0.15) is 0 Å². The van der Waals surface area contributed by atoms with E-state index in [-0.39, 0.29) is 16.9 Å². The molecule has 0 bridgehead atoms. The summed E-state index contributed by atoms with van der Waals surface area (Å²) in [7, 11) is 2.19. The second kappa shape index (κ2) is 4.14. The van der Waals surface area contributed by atoms with Crippen LogP contribution in [-0.4, -0.2) is 28.7 Å². The van der Waals surface area contributed by atoms with Gasteiger partial charge in [-0.3, -0.25) is 4.90 Å². The van der Waals surface area contributed by atoms with Crippen LogP contribution in [0.1, 0.15) is 61.3 Å². The summed E-state index contributed by atoms with van der Waals surface area (Å²) in [6.45, 7) is 1.05. The first-order valence-electron chi connectivity index (χ1n) is 7.91. The first-order chi connectivity index (χ1) is 9.62. The molecule has 1 aliphatic heterocycles. The van der Waals surface area contributed by atoms with Gasteiger partial charge < -0.3 is 10.2 Å². The normalized spacial score (nSPS) is 27.8. The minimum Gasteiger partial charge on any atom is -0.504 e. The molecule has 0 radical (unpaired) electrons. The summed E-state index contributed by atoms with van der Waals surface area (Å²) >= 11 is 0. The molecule has 1 fully saturated rings. The lowest BCUT2D eigenvalue weighted by Gasteiger charge is -2.46. The second-order valence-electron chi connectivity index (χ2n) is 6.96. The van der Waals surface area contributed by atoms with Gasteiger partial charge in [0.15, 0.2) is 11.5 Å². The average molecular weight is 273 g/mol. The SMILES string of the molecule is CN1CCc2cc(O)c(O)c3c2C1CCC31CCCC1. The Morgan fingerprint density at radius 3 is 2.70 bits per heavy atom. The Morgan fingerprint density at radius 1 is 1.20 bits per heavy atom. The molecule has 0 amide bonds. The number of hydrogen-bond acceptors (Lipinski definition) is 3. The first kappa shape index (κ1) is 12.5. The Morgan fingerprint density at radius 2 is 1.95 bits per heavy atom. The number of aromatic hydroxyl groups is 2. The zero-order valence-electron chi connectivity index (χ0n) is 12.2. The molecule has 4 rings (SSSR count). The van der Waals surface area contributed by atoms with Gasteiger partial charge in [0.2, 0.25) is 0 Å². The molecule has 0 aromatic heterocycles. The van der Waals surface area contributed by atoms with Crippen molar-refractivity contribution in [2.24, 2.45) is 0 Å². The van der Waals surface area contributed by atoms with Gasteiger partial charge in [-0.1, -0.05) is 12.8 Å². The van der Waals surface area contributed by atoms with Crippen molar-refractivity contribution in [2.75, 3.05) is 13.6 Å². The minimum atomic E-state index is 0.0928. The molecule has 20 heavy (non-hydrogen) atoms. The Hall–Kier alpha value is -1.22. The predicted octanol–water partition coefficient (Wildman–Crippen LogP) is 3.23. The van der Waals surface area contributed by atoms with E-state index in [1.54, 1.807) is 0 Å². The van der Waals surface area contributed by atoms with Crippen LogP contribution in [0, 0.1) is 0 Å². The highest BCUT2D eigenvalue weighted by atomic mass is 16.3. The third-order valence-electron chi connectivity index (χ3n) is 5.99. The van der Waals surface area contributed by atoms with Crippen molar-refractivity contribution in [3.63, 3.8) is 0 Å². The molecule has 3 aliphatic rings. The molecule has 3 nitrogen and oxygen atoms in total. The summed E-state index contributed by atoms with van der Waals surface area (Å²) in [6, 6.07) is 2.24. The number of hydrogen-bond donors (Lipinski definition) is 2. The standard InChI is InChI=1S/C17H23NO2/c1-18-9-5-11-10-13(19)16(20)15-14(11)12(18)4-8-17(15)6-2-3-7-17/h10,12,19-20H,2-9H2,1H3. The molecule has 2 aliphatic carbocycles. The molecule has 108 valence electrons. The van der Waals surface area contributed by atoms with Crippen molar-refractivity contribution in [3.05, 3.63) is 22.8 Å². The summed E-state index contributed by atoms with van der Waals surface area (Å²) in [4.78, 5) is 2.42. The molecule has 1 aromatic rings. The summed E-state index contributed by atoms with van der Waals surface area (Å²) in [5, 5.41) is 20.7. The van der Waals surface area contributed by atoms with Crippen LogP contribution in [-0.2, 0) is 11.8 Å². The number of phenolic OH excluding ortho intramolecular Hbond substituents is 2. The van der Waals surface area contributed by atoms with Crippen LogP contribution in [0.3, 0.4) is 0 Å². The number of benzene rings is 1. The third kappa shape index (κ3) is 1.50. The Balaban J connectivity index is 1.99. The van der Waals surface area contributed by atoms with E-state index in [1.165, 1.54) is 43.2 Å². The third-order valence-corrected chi connectivity index (χ3v) is 5.99. The van der Waals surface area contributed by atoms with Gasteiger partial charge in [0, 0.05) is 18.2 Å². The fourth-order valence-electron chi connectivity index (χ4n) is 4.98. The zero-order valence-corrected chi connectivity index (χ0v) is 12.2. The molecule has 1 aromatic carbocycles. The van der Waals surface area contributed by atoms with E-state index in [9.17, 15) is 10.2 Å². The van der Waals surface area contributed by atoms with Crippen LogP contribution in [0.2, 0.25) is 0 Å². The lowest BCUT2D eigenvalue weighted by atomic mass is 9.64. The van der Waals surface area contributed by atoms with E-state index in [1.807, 2.05) is 6.07 Å². The largest absolute Gasteiger partial charge is 0.504 e. The van der Waals surface area contributed by atoms with Gasteiger partial charge in [0.1, 0.15) is 0 Å². The molecule has 1 saturated carbocycles. The lowest BCUT2D eigenvalue weighted by molar-refractivity contribution is 0.175. The summed E-state index contributed by atoms with van der Waals surface area (Å²) in [5.41, 5.74) is 3.86. The molecular weight excluding hydrogens is 250 g/mol.